The van der Waals surface area contributed by atoms with E-state index in [0.717, 1.165) is 13.0 Å². The van der Waals surface area contributed by atoms with E-state index in [0.29, 0.717) is 5.41 Å². The van der Waals surface area contributed by atoms with E-state index in [4.69, 9.17) is 0 Å². The zero-order chi connectivity index (χ0) is 11.7. The molecule has 92 valence electrons. The maximum absolute atomic E-state index is 9.22. The fourth-order valence-electron chi connectivity index (χ4n) is 1.57. The molecule has 0 aliphatic rings. The van der Waals surface area contributed by atoms with Gasteiger partial charge < -0.3 is 10.4 Å². The SMILES string of the molecule is CCSCCCNC(CO)CC(C)(C)C. The molecule has 0 aliphatic carbocycles. The molecular weight excluding hydrogens is 206 g/mol. The topological polar surface area (TPSA) is 32.3 Å². The summed E-state index contributed by atoms with van der Waals surface area (Å²) in [5, 5.41) is 12.6. The Bertz CT molecular complexity index is 145. The van der Waals surface area contributed by atoms with Crippen molar-refractivity contribution in [1.29, 1.82) is 0 Å². The maximum Gasteiger partial charge on any atom is 0.0584 e. The van der Waals surface area contributed by atoms with Crippen LogP contribution < -0.4 is 5.32 Å². The lowest BCUT2D eigenvalue weighted by Crippen LogP contribution is -2.36. The molecule has 0 heterocycles. The molecule has 1 atom stereocenters. The third-order valence-corrected chi connectivity index (χ3v) is 3.17. The minimum absolute atomic E-state index is 0.248. The summed E-state index contributed by atoms with van der Waals surface area (Å²) >= 11 is 1.98. The Kier molecular flexibility index (Phi) is 8.58. The second-order valence-electron chi connectivity index (χ2n) is 5.15. The van der Waals surface area contributed by atoms with Crippen molar-refractivity contribution in [3.8, 4) is 0 Å². The molecule has 0 fully saturated rings. The maximum atomic E-state index is 9.22. The lowest BCUT2D eigenvalue weighted by atomic mass is 9.88. The van der Waals surface area contributed by atoms with Crippen LogP contribution in [-0.2, 0) is 0 Å². The second-order valence-corrected chi connectivity index (χ2v) is 6.54. The van der Waals surface area contributed by atoms with Crippen molar-refractivity contribution < 1.29 is 5.11 Å². The third kappa shape index (κ3) is 10.6. The van der Waals surface area contributed by atoms with E-state index >= 15 is 0 Å². The number of hydrogen-bond acceptors (Lipinski definition) is 3. The molecule has 2 N–H and O–H groups in total. The van der Waals surface area contributed by atoms with Gasteiger partial charge in [0, 0.05) is 6.04 Å². The average molecular weight is 233 g/mol. The van der Waals surface area contributed by atoms with Gasteiger partial charge in [-0.15, -0.1) is 0 Å². The van der Waals surface area contributed by atoms with Gasteiger partial charge in [-0.2, -0.15) is 11.8 Å². The highest BCUT2D eigenvalue weighted by Crippen LogP contribution is 2.20. The van der Waals surface area contributed by atoms with E-state index in [-0.39, 0.29) is 12.6 Å². The van der Waals surface area contributed by atoms with Gasteiger partial charge in [0.1, 0.15) is 0 Å². The summed E-state index contributed by atoms with van der Waals surface area (Å²) in [7, 11) is 0. The number of aliphatic hydroxyl groups excluding tert-OH is 1. The summed E-state index contributed by atoms with van der Waals surface area (Å²) in [4.78, 5) is 0. The molecule has 3 heteroatoms. The number of rotatable bonds is 8. The summed E-state index contributed by atoms with van der Waals surface area (Å²) in [6.07, 6.45) is 2.23. The molecule has 0 rings (SSSR count). The standard InChI is InChI=1S/C12H27NOS/c1-5-15-8-6-7-13-11(10-14)9-12(2,3)4/h11,13-14H,5-10H2,1-4H3. The minimum atomic E-state index is 0.248. The average Bonchev–Trinajstić information content (AvgIpc) is 2.14. The zero-order valence-electron chi connectivity index (χ0n) is 10.7. The first kappa shape index (κ1) is 15.3. The predicted octanol–water partition coefficient (Wildman–Crippen LogP) is 2.52. The van der Waals surface area contributed by atoms with Gasteiger partial charge >= 0.3 is 0 Å². The Morgan fingerprint density at radius 3 is 2.47 bits per heavy atom. The monoisotopic (exact) mass is 233 g/mol. The van der Waals surface area contributed by atoms with E-state index in [2.05, 4.69) is 33.0 Å². The largest absolute Gasteiger partial charge is 0.395 e. The summed E-state index contributed by atoms with van der Waals surface area (Å²) < 4.78 is 0. The molecule has 0 saturated heterocycles. The van der Waals surface area contributed by atoms with E-state index < -0.39 is 0 Å². The van der Waals surface area contributed by atoms with Gasteiger partial charge in [0.05, 0.1) is 6.61 Å². The number of hydrogen-bond donors (Lipinski definition) is 2. The fraction of sp³-hybridized carbons (Fsp3) is 1.00. The molecule has 0 saturated carbocycles. The molecule has 0 aliphatic heterocycles. The van der Waals surface area contributed by atoms with Crippen molar-refractivity contribution in [2.24, 2.45) is 5.41 Å². The van der Waals surface area contributed by atoms with Crippen LogP contribution in [0.5, 0.6) is 0 Å². The minimum Gasteiger partial charge on any atom is -0.395 e. The Labute approximate surface area is 99.2 Å². The predicted molar refractivity (Wildman–Crippen MR) is 70.6 cm³/mol. The summed E-state index contributed by atoms with van der Waals surface area (Å²) in [6.45, 7) is 10.1. The molecule has 1 unspecified atom stereocenters. The van der Waals surface area contributed by atoms with Gasteiger partial charge in [0.2, 0.25) is 0 Å². The van der Waals surface area contributed by atoms with Crippen molar-refractivity contribution >= 4 is 11.8 Å². The first-order valence-electron chi connectivity index (χ1n) is 5.91. The number of nitrogens with one attached hydrogen (secondary N) is 1. The molecule has 15 heavy (non-hydrogen) atoms. The summed E-state index contributed by atoms with van der Waals surface area (Å²) in [5.41, 5.74) is 0.290. The van der Waals surface area contributed by atoms with Crippen molar-refractivity contribution in [2.75, 3.05) is 24.7 Å². The second kappa shape index (κ2) is 8.43. The van der Waals surface area contributed by atoms with Crippen molar-refractivity contribution in [3.05, 3.63) is 0 Å². The van der Waals surface area contributed by atoms with Crippen LogP contribution in [0.15, 0.2) is 0 Å². The first-order valence-corrected chi connectivity index (χ1v) is 7.07. The van der Waals surface area contributed by atoms with Crippen LogP contribution in [0, 0.1) is 5.41 Å². The van der Waals surface area contributed by atoms with Gasteiger partial charge in [0.25, 0.3) is 0 Å². The first-order chi connectivity index (χ1) is 6.99. The Morgan fingerprint density at radius 2 is 2.00 bits per heavy atom. The van der Waals surface area contributed by atoms with Crippen molar-refractivity contribution in [1.82, 2.24) is 5.32 Å². The quantitative estimate of drug-likeness (QED) is 0.632. The van der Waals surface area contributed by atoms with Crippen molar-refractivity contribution in [2.45, 2.75) is 46.6 Å². The fourth-order valence-corrected chi connectivity index (χ4v) is 2.20. The van der Waals surface area contributed by atoms with E-state index in [9.17, 15) is 5.11 Å². The molecule has 2 nitrogen and oxygen atoms in total. The van der Waals surface area contributed by atoms with E-state index in [1.165, 1.54) is 17.9 Å². The molecule has 0 aromatic rings. The third-order valence-electron chi connectivity index (χ3n) is 2.18. The Balaban J connectivity index is 3.53. The highest BCUT2D eigenvalue weighted by Gasteiger charge is 2.17. The van der Waals surface area contributed by atoms with Gasteiger partial charge in [0.15, 0.2) is 0 Å². The molecule has 0 radical (unpaired) electrons. The summed E-state index contributed by atoms with van der Waals surface area (Å²) in [6, 6.07) is 0.261. The van der Waals surface area contributed by atoms with Gasteiger partial charge in [-0.1, -0.05) is 27.7 Å². The van der Waals surface area contributed by atoms with Gasteiger partial charge in [-0.25, -0.2) is 0 Å². The highest BCUT2D eigenvalue weighted by molar-refractivity contribution is 7.99. The van der Waals surface area contributed by atoms with Crippen molar-refractivity contribution in [3.63, 3.8) is 0 Å². The number of thioether (sulfide) groups is 1. The van der Waals surface area contributed by atoms with Crippen LogP contribution in [0.2, 0.25) is 0 Å². The van der Waals surface area contributed by atoms with E-state index in [1.807, 2.05) is 11.8 Å². The normalized spacial score (nSPS) is 14.2. The van der Waals surface area contributed by atoms with E-state index in [1.54, 1.807) is 0 Å². The lowest BCUT2D eigenvalue weighted by Gasteiger charge is -2.25. The van der Waals surface area contributed by atoms with Crippen LogP contribution in [0.1, 0.15) is 40.5 Å². The molecule has 0 spiro atoms. The van der Waals surface area contributed by atoms with Crippen LogP contribution >= 0.6 is 11.8 Å². The molecular formula is C12H27NOS. The van der Waals surface area contributed by atoms with Crippen LogP contribution in [0.4, 0.5) is 0 Å². The Morgan fingerprint density at radius 1 is 1.33 bits per heavy atom. The summed E-state index contributed by atoms with van der Waals surface area (Å²) in [5.74, 6) is 2.42. The smallest absolute Gasteiger partial charge is 0.0584 e. The Hall–Kier alpha value is 0.270. The van der Waals surface area contributed by atoms with Crippen LogP contribution in [0.3, 0.4) is 0 Å². The molecule has 0 aromatic heterocycles. The van der Waals surface area contributed by atoms with Gasteiger partial charge in [-0.05, 0) is 36.3 Å². The van der Waals surface area contributed by atoms with Crippen LogP contribution in [-0.4, -0.2) is 35.8 Å². The van der Waals surface area contributed by atoms with Crippen LogP contribution in [0.25, 0.3) is 0 Å². The lowest BCUT2D eigenvalue weighted by molar-refractivity contribution is 0.199. The van der Waals surface area contributed by atoms with Gasteiger partial charge in [-0.3, -0.25) is 0 Å². The number of aliphatic hydroxyl groups is 1. The molecule has 0 amide bonds. The zero-order valence-corrected chi connectivity index (χ0v) is 11.5. The molecule has 0 bridgehead atoms. The molecule has 0 aromatic carbocycles. The highest BCUT2D eigenvalue weighted by atomic mass is 32.2.